The Bertz CT molecular complexity index is 3000. The van der Waals surface area contributed by atoms with Crippen LogP contribution in [0.4, 0.5) is 61.8 Å². The number of carbonyl (C=O) groups is 3. The summed E-state index contributed by atoms with van der Waals surface area (Å²) in [5.41, 5.74) is 7.92. The Morgan fingerprint density at radius 1 is 0.675 bits per heavy atom. The van der Waals surface area contributed by atoms with E-state index < -0.39 is 13.2 Å². The van der Waals surface area contributed by atoms with E-state index in [0.717, 1.165) is 95.8 Å². The average Bonchev–Trinajstić information content (AvgIpc) is 1.76. The number of amides is 4. The van der Waals surface area contributed by atoms with E-state index in [0.29, 0.717) is 50.0 Å². The van der Waals surface area contributed by atoms with Crippen LogP contribution in [-0.4, -0.2) is 147 Å². The van der Waals surface area contributed by atoms with Crippen LogP contribution in [0.3, 0.4) is 0 Å². The fourth-order valence-corrected chi connectivity index (χ4v) is 8.95. The molecule has 0 unspecified atom stereocenters. The number of ether oxygens (including phenoxy) is 2. The van der Waals surface area contributed by atoms with Gasteiger partial charge in [-0.05, 0) is 110 Å². The molecule has 4 aliphatic rings. The van der Waals surface area contributed by atoms with Crippen molar-refractivity contribution >= 4 is 53.0 Å². The normalized spacial score (nSPS) is 16.8. The molecule has 19 nitrogen and oxygen atoms in total. The number of anilines is 6. The van der Waals surface area contributed by atoms with E-state index in [-0.39, 0.29) is 47.9 Å². The highest BCUT2D eigenvalue weighted by Crippen LogP contribution is 2.44. The Morgan fingerprint density at radius 3 is 1.53 bits per heavy atom. The molecule has 2 saturated heterocycles. The molecule has 0 radical (unpaired) electrons. The number of aldehydes is 1. The first-order chi connectivity index (χ1) is 46.2. The minimum atomic E-state index is -2.87. The number of benzene rings is 4. The third kappa shape index (κ3) is 15.1. The zero-order valence-corrected chi connectivity index (χ0v) is 42.4. The number of aliphatic hydroxyl groups is 2. The van der Waals surface area contributed by atoms with Crippen LogP contribution in [0.2, 0.25) is 0 Å². The van der Waals surface area contributed by atoms with Gasteiger partial charge in [-0.1, -0.05) is 36.4 Å². The lowest BCUT2D eigenvalue weighted by atomic mass is 10.1. The number of piperazine rings is 2. The van der Waals surface area contributed by atoms with E-state index in [4.69, 9.17) is 36.6 Å². The van der Waals surface area contributed by atoms with Crippen molar-refractivity contribution in [2.75, 3.05) is 80.3 Å². The second kappa shape index (κ2) is 25.2. The molecule has 10 rings (SSSR count). The molecule has 2 saturated carbocycles. The summed E-state index contributed by atoms with van der Waals surface area (Å²) in [6, 6.07) is 23.6. The molecule has 0 atom stereocenters. The molecule has 2 aromatic heterocycles. The second-order valence-corrected chi connectivity index (χ2v) is 18.9. The number of hydrogen-bond donors (Lipinski definition) is 7. The summed E-state index contributed by atoms with van der Waals surface area (Å²) in [5.74, 6) is 0.948. The fourth-order valence-electron chi connectivity index (χ4n) is 8.95. The van der Waals surface area contributed by atoms with Gasteiger partial charge in [0.05, 0.1) is 13.2 Å². The van der Waals surface area contributed by atoms with E-state index in [9.17, 15) is 32.3 Å². The van der Waals surface area contributed by atoms with Gasteiger partial charge in [-0.15, -0.1) is 0 Å². The predicted octanol–water partition coefficient (Wildman–Crippen LogP) is 10.6. The van der Waals surface area contributed by atoms with Crippen LogP contribution in [0, 0.1) is 13.8 Å². The van der Waals surface area contributed by atoms with Crippen LogP contribution in [0.5, 0.6) is 11.5 Å². The first-order valence-corrected chi connectivity index (χ1v) is 24.9. The van der Waals surface area contributed by atoms with E-state index >= 15 is 0 Å². The summed E-state index contributed by atoms with van der Waals surface area (Å²) >= 11 is 0. The van der Waals surface area contributed by atoms with E-state index in [1.165, 1.54) is 24.3 Å². The lowest BCUT2D eigenvalue weighted by Gasteiger charge is -2.41. The minimum Gasteiger partial charge on any atom is -0.435 e. The largest absolute Gasteiger partial charge is 0.435 e. The molecular weight excluding hydrogens is 1000 g/mol. The molecular formula is C54H78F4N12O7. The minimum absolute atomic E-state index is 0.0158. The van der Waals surface area contributed by atoms with Crippen molar-refractivity contribution in [2.24, 2.45) is 0 Å². The zero-order valence-electron chi connectivity index (χ0n) is 60.4. The Labute approximate surface area is 469 Å². The van der Waals surface area contributed by atoms with Gasteiger partial charge in [0.1, 0.15) is 17.8 Å². The second-order valence-electron chi connectivity index (χ2n) is 18.9. The highest BCUT2D eigenvalue weighted by molar-refractivity contribution is 5.92. The van der Waals surface area contributed by atoms with Crippen molar-refractivity contribution in [2.45, 2.75) is 63.8 Å². The van der Waals surface area contributed by atoms with Gasteiger partial charge in [0.15, 0.2) is 0 Å². The molecule has 424 valence electrons. The third-order valence-electron chi connectivity index (χ3n) is 13.5. The van der Waals surface area contributed by atoms with Gasteiger partial charge < -0.3 is 60.9 Å². The van der Waals surface area contributed by atoms with Crippen LogP contribution in [-0.2, 0) is 4.79 Å². The van der Waals surface area contributed by atoms with Crippen molar-refractivity contribution in [1.82, 2.24) is 40.0 Å². The SMILES string of the molecule is Cc1ccc(Nc2ncc(-c3ccc(OC(F)F)cc3)cn2)cc1NC(=O)N1CCN(CCO)C2(CC2)C1.Cc1ccc(Nc2ncc(-c3ccc(OC(F)F)cc3)cn2)cc1NC(=O)N1CCNC2(CC2)C1.O=CCO.[2H][2H].[2H][2H].[2H][2H].[2H][2H].[2H][2H].[2H][2H].[2H][2H].[2H][2H].[2H][2H]. The monoisotopic (exact) mass is 1100 g/mol. The highest BCUT2D eigenvalue weighted by Gasteiger charge is 2.51. The Morgan fingerprint density at radius 2 is 1.13 bits per heavy atom. The number of aliphatic hydroxyl groups excluding tert-OH is 2. The van der Waals surface area contributed by atoms with Crippen molar-refractivity contribution in [3.8, 4) is 33.8 Å². The number of carbonyl (C=O) groups excluding carboxylic acids is 3. The number of alkyl halides is 4. The number of aryl methyl sites for hydroxylation is 2. The van der Waals surface area contributed by atoms with Crippen molar-refractivity contribution in [3.05, 3.63) is 121 Å². The zero-order chi connectivity index (χ0) is 72.5. The number of rotatable bonds is 15. The summed E-state index contributed by atoms with van der Waals surface area (Å²) < 4.78 is 148. The first-order valence-electron chi connectivity index (χ1n) is 33.9. The molecule has 7 N–H and O–H groups in total. The first kappa shape index (κ1) is 44.2. The molecule has 2 spiro atoms. The van der Waals surface area contributed by atoms with Gasteiger partial charge in [0.2, 0.25) is 11.9 Å². The summed E-state index contributed by atoms with van der Waals surface area (Å²) in [4.78, 5) is 58.3. The van der Waals surface area contributed by atoms with Gasteiger partial charge in [-0.25, -0.2) is 29.5 Å². The Kier molecular flexibility index (Phi) is 14.5. The number of urea groups is 2. The average molecular weight is 1100 g/mol. The number of nitrogens with one attached hydrogen (secondary N) is 5. The van der Waals surface area contributed by atoms with Gasteiger partial charge >= 0.3 is 25.3 Å². The fraction of sp³-hybridized carbons (Fsp3) is 0.352. The molecule has 2 aliphatic heterocycles. The van der Waals surface area contributed by atoms with Gasteiger partial charge in [0.25, 0.3) is 0 Å². The third-order valence-corrected chi connectivity index (χ3v) is 13.5. The van der Waals surface area contributed by atoms with Crippen LogP contribution < -0.4 is 36.1 Å². The quantitative estimate of drug-likeness (QED) is 0.0374. The number of halogens is 4. The molecule has 6 aromatic rings. The molecule has 4 heterocycles. The number of nitrogens with zero attached hydrogens (tertiary/aromatic N) is 7. The molecule has 23 heteroatoms. The number of β-amino-alcohol motifs (C(OH)–C–C–N with tert-alkyl or cyclic N) is 1. The molecule has 2 aliphatic carbocycles. The molecule has 4 aromatic carbocycles. The summed E-state index contributed by atoms with van der Waals surface area (Å²) in [5, 5.41) is 32.8. The van der Waals surface area contributed by atoms with Gasteiger partial charge in [0, 0.05) is 142 Å². The van der Waals surface area contributed by atoms with Gasteiger partial charge in [-0.3, -0.25) is 4.90 Å². The van der Waals surface area contributed by atoms with Gasteiger partial charge in [-0.2, -0.15) is 17.6 Å². The predicted molar refractivity (Wildman–Crippen MR) is 301 cm³/mol. The van der Waals surface area contributed by atoms with Crippen molar-refractivity contribution < 1.29 is 78.4 Å². The lowest BCUT2D eigenvalue weighted by Crippen LogP contribution is -2.57. The summed E-state index contributed by atoms with van der Waals surface area (Å²) in [7, 11) is 0. The number of aromatic nitrogens is 4. The lowest BCUT2D eigenvalue weighted by molar-refractivity contribution is -0.110. The van der Waals surface area contributed by atoms with E-state index in [1.54, 1.807) is 49.1 Å². The maximum Gasteiger partial charge on any atom is 0.387 e. The highest BCUT2D eigenvalue weighted by atomic mass is 19.3. The topological polar surface area (TPSA) is 232 Å². The molecule has 4 fully saturated rings. The maximum absolute atomic E-state index is 13.1. The molecule has 77 heavy (non-hydrogen) atoms. The van der Waals surface area contributed by atoms with Crippen LogP contribution in [0.25, 0.3) is 22.3 Å². The van der Waals surface area contributed by atoms with Crippen LogP contribution >= 0.6 is 0 Å². The summed E-state index contributed by atoms with van der Waals surface area (Å²) in [6.45, 7) is 2.85. The van der Waals surface area contributed by atoms with Crippen LogP contribution in [0.1, 0.15) is 63.5 Å². The number of hydrogen-bond acceptors (Lipinski definition) is 15. The Balaban J connectivity index is 0. The molecule has 4 amide bonds. The van der Waals surface area contributed by atoms with Crippen LogP contribution in [0.15, 0.2) is 110 Å². The maximum atomic E-state index is 13.1. The van der Waals surface area contributed by atoms with E-state index in [1.807, 2.05) is 60.0 Å². The Hall–Kier alpha value is -7.99. The smallest absolute Gasteiger partial charge is 0.387 e. The van der Waals surface area contributed by atoms with Crippen molar-refractivity contribution in [1.29, 1.82) is 0 Å². The molecule has 0 bridgehead atoms. The van der Waals surface area contributed by atoms with E-state index in [2.05, 4.69) is 60.9 Å². The standard InChI is InChI=1S/C27H30F2N6O3.C25H26F2N6O2.C2H4O2.9H2/c1-18-2-5-21(14-23(18)33-26(37)34-10-11-35(12-13-36)27(17-34)8-9-27)32-25-30-15-20(16-31-25)19-3-6-22(7-4-19)38-24(28)29;1-16-2-5-19(12-21(16)32-24(34)33-11-10-30-25(15-33)8-9-25)31-23-28-13-18(14-29-23)17-3-6-20(7-4-17)35-22(26)27;3-1-2-4;;;;;;;;;/h2-7,14-16,24,36H,8-13,17H2,1H3,(H,33,37)(H,30,31,32);2-7,12-14,22,30H,8-11,15H2,1H3,(H,32,34)(H,28,29,31);1,4H,2H2;9*1H/i;;;9*1+1D. The van der Waals surface area contributed by atoms with Crippen molar-refractivity contribution in [3.63, 3.8) is 0 Å². The summed E-state index contributed by atoms with van der Waals surface area (Å²) in [6.07, 6.45) is 11.3.